The SMILES string of the molecule is O=C(O)CCc1cccc(NCc2ccc(N3CCCC3)nc2)c1. The van der Waals surface area contributed by atoms with Crippen molar-refractivity contribution in [3.63, 3.8) is 0 Å². The zero-order valence-corrected chi connectivity index (χ0v) is 13.7. The summed E-state index contributed by atoms with van der Waals surface area (Å²) < 4.78 is 0. The summed E-state index contributed by atoms with van der Waals surface area (Å²) in [5.41, 5.74) is 3.17. The number of aromatic nitrogens is 1. The maximum atomic E-state index is 10.7. The number of aryl methyl sites for hydroxylation is 1. The first-order valence-corrected chi connectivity index (χ1v) is 8.45. The molecule has 0 atom stereocenters. The van der Waals surface area contributed by atoms with E-state index in [0.29, 0.717) is 13.0 Å². The van der Waals surface area contributed by atoms with Gasteiger partial charge in [0.15, 0.2) is 0 Å². The highest BCUT2D eigenvalue weighted by atomic mass is 16.4. The zero-order chi connectivity index (χ0) is 16.8. The van der Waals surface area contributed by atoms with Crippen LogP contribution in [-0.4, -0.2) is 29.1 Å². The maximum absolute atomic E-state index is 10.7. The van der Waals surface area contributed by atoms with Gasteiger partial charge in [-0.2, -0.15) is 0 Å². The highest BCUT2D eigenvalue weighted by Crippen LogP contribution is 2.18. The Bertz CT molecular complexity index is 679. The van der Waals surface area contributed by atoms with Gasteiger partial charge in [0, 0.05) is 37.9 Å². The number of nitrogens with zero attached hydrogens (tertiary/aromatic N) is 2. The van der Waals surface area contributed by atoms with Gasteiger partial charge in [0.25, 0.3) is 0 Å². The van der Waals surface area contributed by atoms with Crippen molar-refractivity contribution in [2.24, 2.45) is 0 Å². The molecule has 1 aliphatic rings. The van der Waals surface area contributed by atoms with Crippen molar-refractivity contribution in [3.05, 3.63) is 53.7 Å². The lowest BCUT2D eigenvalue weighted by Gasteiger charge is -2.16. The van der Waals surface area contributed by atoms with Crippen molar-refractivity contribution in [3.8, 4) is 0 Å². The summed E-state index contributed by atoms with van der Waals surface area (Å²) in [6, 6.07) is 12.1. The van der Waals surface area contributed by atoms with Gasteiger partial charge in [-0.15, -0.1) is 0 Å². The van der Waals surface area contributed by atoms with Crippen LogP contribution in [0.1, 0.15) is 30.4 Å². The molecular weight excluding hydrogens is 302 g/mol. The number of benzene rings is 1. The van der Waals surface area contributed by atoms with Crippen LogP contribution in [0.3, 0.4) is 0 Å². The molecule has 1 aromatic heterocycles. The second-order valence-corrected chi connectivity index (χ2v) is 6.17. The second-order valence-electron chi connectivity index (χ2n) is 6.17. The summed E-state index contributed by atoms with van der Waals surface area (Å²) >= 11 is 0. The van der Waals surface area contributed by atoms with Crippen LogP contribution in [0.5, 0.6) is 0 Å². The van der Waals surface area contributed by atoms with Gasteiger partial charge in [0.1, 0.15) is 5.82 Å². The topological polar surface area (TPSA) is 65.5 Å². The van der Waals surface area contributed by atoms with Gasteiger partial charge in [-0.05, 0) is 48.6 Å². The molecular formula is C19H23N3O2. The summed E-state index contributed by atoms with van der Waals surface area (Å²) in [6.45, 7) is 2.91. The predicted molar refractivity (Wildman–Crippen MR) is 95.4 cm³/mol. The molecule has 0 aliphatic carbocycles. The molecule has 1 aromatic carbocycles. The minimum Gasteiger partial charge on any atom is -0.481 e. The average molecular weight is 325 g/mol. The highest BCUT2D eigenvalue weighted by Gasteiger charge is 2.12. The number of hydrogen-bond donors (Lipinski definition) is 2. The Kier molecular flexibility index (Phi) is 5.31. The first-order chi connectivity index (χ1) is 11.7. The number of carboxylic acids is 1. The number of carbonyl (C=O) groups is 1. The maximum Gasteiger partial charge on any atom is 0.303 e. The van der Waals surface area contributed by atoms with Gasteiger partial charge in [0.2, 0.25) is 0 Å². The van der Waals surface area contributed by atoms with Crippen molar-refractivity contribution >= 4 is 17.5 Å². The van der Waals surface area contributed by atoms with E-state index >= 15 is 0 Å². The van der Waals surface area contributed by atoms with E-state index in [2.05, 4.69) is 27.3 Å². The summed E-state index contributed by atoms with van der Waals surface area (Å²) in [6.07, 6.45) is 5.14. The normalized spacial score (nSPS) is 13.9. The Morgan fingerprint density at radius 3 is 2.71 bits per heavy atom. The fourth-order valence-corrected chi connectivity index (χ4v) is 2.95. The smallest absolute Gasteiger partial charge is 0.303 e. The molecule has 24 heavy (non-hydrogen) atoms. The Morgan fingerprint density at radius 2 is 2.00 bits per heavy atom. The fraction of sp³-hybridized carbons (Fsp3) is 0.368. The standard InChI is InChI=1S/C19H23N3O2/c23-19(24)9-7-15-4-3-5-17(12-15)20-13-16-6-8-18(21-14-16)22-10-1-2-11-22/h3-6,8,12,14,20H,1-2,7,9-11,13H2,(H,23,24). The molecule has 3 rings (SSSR count). The third-order valence-electron chi connectivity index (χ3n) is 4.29. The van der Waals surface area contributed by atoms with Crippen molar-refractivity contribution in [2.75, 3.05) is 23.3 Å². The molecule has 1 aliphatic heterocycles. The molecule has 0 radical (unpaired) electrons. The molecule has 126 valence electrons. The van der Waals surface area contributed by atoms with Crippen molar-refractivity contribution in [1.29, 1.82) is 0 Å². The summed E-state index contributed by atoms with van der Waals surface area (Å²) in [5, 5.41) is 12.1. The minimum atomic E-state index is -0.766. The van der Waals surface area contributed by atoms with Crippen LogP contribution in [-0.2, 0) is 17.8 Å². The average Bonchev–Trinajstić information content (AvgIpc) is 3.14. The molecule has 2 heterocycles. The van der Waals surface area contributed by atoms with E-state index in [1.807, 2.05) is 30.5 Å². The molecule has 5 heteroatoms. The lowest BCUT2D eigenvalue weighted by molar-refractivity contribution is -0.136. The van der Waals surface area contributed by atoms with Crippen LogP contribution >= 0.6 is 0 Å². The first kappa shape index (κ1) is 16.3. The Labute approximate surface area is 142 Å². The van der Waals surface area contributed by atoms with E-state index in [1.54, 1.807) is 0 Å². The number of nitrogens with one attached hydrogen (secondary N) is 1. The van der Waals surface area contributed by atoms with Gasteiger partial charge in [0.05, 0.1) is 0 Å². The van der Waals surface area contributed by atoms with E-state index < -0.39 is 5.97 Å². The molecule has 2 aromatic rings. The van der Waals surface area contributed by atoms with Gasteiger partial charge in [-0.3, -0.25) is 4.79 Å². The Balaban J connectivity index is 1.55. The number of aliphatic carboxylic acids is 1. The molecule has 1 fully saturated rings. The molecule has 1 saturated heterocycles. The van der Waals surface area contributed by atoms with Crippen molar-refractivity contribution in [1.82, 2.24) is 4.98 Å². The highest BCUT2D eigenvalue weighted by molar-refractivity contribution is 5.67. The van der Waals surface area contributed by atoms with Crippen LogP contribution in [0.4, 0.5) is 11.5 Å². The van der Waals surface area contributed by atoms with Crippen LogP contribution in [0.2, 0.25) is 0 Å². The quantitative estimate of drug-likeness (QED) is 0.817. The van der Waals surface area contributed by atoms with Crippen LogP contribution in [0.25, 0.3) is 0 Å². The van der Waals surface area contributed by atoms with Gasteiger partial charge in [-0.1, -0.05) is 18.2 Å². The lowest BCUT2D eigenvalue weighted by atomic mass is 10.1. The van der Waals surface area contributed by atoms with E-state index in [4.69, 9.17) is 5.11 Å². The van der Waals surface area contributed by atoms with E-state index in [9.17, 15) is 4.79 Å². The number of anilines is 2. The number of rotatable bonds is 7. The molecule has 0 unspecified atom stereocenters. The van der Waals surface area contributed by atoms with Gasteiger partial charge >= 0.3 is 5.97 Å². The Hall–Kier alpha value is -2.56. The largest absolute Gasteiger partial charge is 0.481 e. The number of carboxylic acid groups (broad SMARTS) is 1. The van der Waals surface area contributed by atoms with E-state index in [-0.39, 0.29) is 6.42 Å². The first-order valence-electron chi connectivity index (χ1n) is 8.45. The van der Waals surface area contributed by atoms with E-state index in [0.717, 1.165) is 35.7 Å². The summed E-state index contributed by atoms with van der Waals surface area (Å²) in [4.78, 5) is 17.5. The van der Waals surface area contributed by atoms with Gasteiger partial charge < -0.3 is 15.3 Å². The second kappa shape index (κ2) is 7.81. The lowest BCUT2D eigenvalue weighted by Crippen LogP contribution is -2.18. The minimum absolute atomic E-state index is 0.158. The monoisotopic (exact) mass is 325 g/mol. The molecule has 2 N–H and O–H groups in total. The fourth-order valence-electron chi connectivity index (χ4n) is 2.95. The number of pyridine rings is 1. The molecule has 0 amide bonds. The van der Waals surface area contributed by atoms with Crippen LogP contribution < -0.4 is 10.2 Å². The molecule has 0 spiro atoms. The van der Waals surface area contributed by atoms with Gasteiger partial charge in [-0.25, -0.2) is 4.98 Å². The molecule has 0 saturated carbocycles. The van der Waals surface area contributed by atoms with Crippen molar-refractivity contribution in [2.45, 2.75) is 32.2 Å². The summed E-state index contributed by atoms with van der Waals surface area (Å²) in [5.74, 6) is 0.296. The van der Waals surface area contributed by atoms with Crippen LogP contribution in [0.15, 0.2) is 42.6 Å². The molecule has 5 nitrogen and oxygen atoms in total. The predicted octanol–water partition coefficient (Wildman–Crippen LogP) is 3.31. The zero-order valence-electron chi connectivity index (χ0n) is 13.7. The van der Waals surface area contributed by atoms with E-state index in [1.165, 1.54) is 12.8 Å². The Morgan fingerprint density at radius 1 is 1.17 bits per heavy atom. The third-order valence-corrected chi connectivity index (χ3v) is 4.29. The third kappa shape index (κ3) is 4.47. The summed E-state index contributed by atoms with van der Waals surface area (Å²) in [7, 11) is 0. The van der Waals surface area contributed by atoms with Crippen LogP contribution in [0, 0.1) is 0 Å². The number of hydrogen-bond acceptors (Lipinski definition) is 4. The molecule has 0 bridgehead atoms. The van der Waals surface area contributed by atoms with Crippen molar-refractivity contribution < 1.29 is 9.90 Å².